The fourth-order valence-corrected chi connectivity index (χ4v) is 1.01. The zero-order valence-electron chi connectivity index (χ0n) is 5.95. The molecule has 65 valence electrons. The second-order valence-corrected chi connectivity index (χ2v) is 2.72. The van der Waals surface area contributed by atoms with E-state index in [4.69, 9.17) is 11.6 Å². The number of hydrogen-bond acceptors (Lipinski definition) is 0. The highest BCUT2D eigenvalue weighted by molar-refractivity contribution is 6.31. The molecule has 0 unspecified atom stereocenters. The normalized spacial score (nSPS) is 11.8. The Bertz CT molecular complexity index is 291. The molecule has 0 amide bonds. The van der Waals surface area contributed by atoms with Gasteiger partial charge in [-0.15, -0.1) is 0 Å². The fraction of sp³-hybridized carbons (Fsp3) is 0.125. The van der Waals surface area contributed by atoms with Crippen molar-refractivity contribution in [2.45, 2.75) is 6.18 Å². The van der Waals surface area contributed by atoms with Gasteiger partial charge in [0, 0.05) is 0 Å². The van der Waals surface area contributed by atoms with E-state index in [1.165, 1.54) is 12.1 Å². The van der Waals surface area contributed by atoms with Crippen LogP contribution in [0, 0.1) is 6.92 Å². The summed E-state index contributed by atoms with van der Waals surface area (Å²) in [5.74, 6) is 0. The van der Waals surface area contributed by atoms with Crippen LogP contribution >= 0.6 is 11.6 Å². The van der Waals surface area contributed by atoms with Crippen molar-refractivity contribution in [1.29, 1.82) is 0 Å². The van der Waals surface area contributed by atoms with E-state index in [-0.39, 0.29) is 5.02 Å². The van der Waals surface area contributed by atoms with Gasteiger partial charge in [0.2, 0.25) is 0 Å². The van der Waals surface area contributed by atoms with Crippen molar-refractivity contribution >= 4 is 11.6 Å². The van der Waals surface area contributed by atoms with Gasteiger partial charge in [-0.05, 0) is 24.6 Å². The molecule has 1 aromatic carbocycles. The first-order chi connectivity index (χ1) is 5.41. The standard InChI is InChI=1S/C8H5ClF3/c1-5-2-3-7(9)6(4-5)8(10,11)12/h2-4H,1H2. The van der Waals surface area contributed by atoms with Gasteiger partial charge in [-0.3, -0.25) is 0 Å². The highest BCUT2D eigenvalue weighted by atomic mass is 35.5. The Morgan fingerprint density at radius 3 is 2.25 bits per heavy atom. The Morgan fingerprint density at radius 1 is 1.25 bits per heavy atom. The average Bonchev–Trinajstić information content (AvgIpc) is 1.92. The third-order valence-corrected chi connectivity index (χ3v) is 1.67. The number of halogens is 4. The summed E-state index contributed by atoms with van der Waals surface area (Å²) < 4.78 is 36.3. The van der Waals surface area contributed by atoms with Crippen molar-refractivity contribution in [2.24, 2.45) is 0 Å². The smallest absolute Gasteiger partial charge is 0.166 e. The van der Waals surface area contributed by atoms with Gasteiger partial charge in [0.1, 0.15) is 0 Å². The van der Waals surface area contributed by atoms with Gasteiger partial charge in [0.15, 0.2) is 0 Å². The first-order valence-electron chi connectivity index (χ1n) is 3.10. The molecule has 0 heterocycles. The van der Waals surface area contributed by atoms with Crippen LogP contribution < -0.4 is 0 Å². The zero-order valence-corrected chi connectivity index (χ0v) is 6.71. The van der Waals surface area contributed by atoms with Crippen LogP contribution in [0.25, 0.3) is 0 Å². The lowest BCUT2D eigenvalue weighted by molar-refractivity contribution is -0.137. The molecular weight excluding hydrogens is 189 g/mol. The van der Waals surface area contributed by atoms with Crippen molar-refractivity contribution in [1.82, 2.24) is 0 Å². The van der Waals surface area contributed by atoms with E-state index < -0.39 is 11.7 Å². The highest BCUT2D eigenvalue weighted by Gasteiger charge is 2.32. The van der Waals surface area contributed by atoms with Gasteiger partial charge in [0.05, 0.1) is 10.6 Å². The molecular formula is C8H5ClF3. The predicted molar refractivity (Wildman–Crippen MR) is 40.9 cm³/mol. The van der Waals surface area contributed by atoms with Crippen LogP contribution in [0.15, 0.2) is 18.2 Å². The average molecular weight is 194 g/mol. The van der Waals surface area contributed by atoms with Gasteiger partial charge >= 0.3 is 6.18 Å². The van der Waals surface area contributed by atoms with E-state index in [9.17, 15) is 13.2 Å². The van der Waals surface area contributed by atoms with Crippen LogP contribution in [0.4, 0.5) is 13.2 Å². The number of rotatable bonds is 0. The SMILES string of the molecule is [CH2]c1ccc(Cl)c(C(F)(F)F)c1. The molecule has 0 aliphatic carbocycles. The predicted octanol–water partition coefficient (Wildman–Crippen LogP) is 3.54. The van der Waals surface area contributed by atoms with Crippen molar-refractivity contribution in [3.05, 3.63) is 41.3 Å². The molecule has 0 saturated heterocycles. The van der Waals surface area contributed by atoms with Crippen LogP contribution in [0.2, 0.25) is 5.02 Å². The Labute approximate surface area is 73.0 Å². The van der Waals surface area contributed by atoms with Crippen LogP contribution in [0.3, 0.4) is 0 Å². The van der Waals surface area contributed by atoms with Gasteiger partial charge in [-0.25, -0.2) is 0 Å². The van der Waals surface area contributed by atoms with E-state index in [2.05, 4.69) is 6.92 Å². The van der Waals surface area contributed by atoms with Gasteiger partial charge < -0.3 is 0 Å². The Kier molecular flexibility index (Phi) is 2.33. The molecule has 0 aromatic heterocycles. The van der Waals surface area contributed by atoms with E-state index in [1.54, 1.807) is 0 Å². The molecule has 0 bridgehead atoms. The molecule has 0 N–H and O–H groups in total. The second-order valence-electron chi connectivity index (χ2n) is 2.31. The molecule has 0 fully saturated rings. The Morgan fingerprint density at radius 2 is 1.83 bits per heavy atom. The quantitative estimate of drug-likeness (QED) is 0.591. The molecule has 1 radical (unpaired) electrons. The van der Waals surface area contributed by atoms with Gasteiger partial charge in [0.25, 0.3) is 0 Å². The Hall–Kier alpha value is -0.700. The first kappa shape index (κ1) is 9.39. The molecule has 12 heavy (non-hydrogen) atoms. The van der Waals surface area contributed by atoms with Gasteiger partial charge in [-0.2, -0.15) is 13.2 Å². The largest absolute Gasteiger partial charge is 0.417 e. The number of alkyl halides is 3. The number of hydrogen-bond donors (Lipinski definition) is 0. The lowest BCUT2D eigenvalue weighted by Gasteiger charge is -2.08. The molecule has 1 rings (SSSR count). The summed E-state index contributed by atoms with van der Waals surface area (Å²) in [7, 11) is 0. The number of benzene rings is 1. The summed E-state index contributed by atoms with van der Waals surface area (Å²) in [6.07, 6.45) is -4.40. The van der Waals surface area contributed by atoms with Crippen molar-refractivity contribution in [3.63, 3.8) is 0 Å². The second kappa shape index (κ2) is 2.98. The summed E-state index contributed by atoms with van der Waals surface area (Å²) in [5.41, 5.74) is -0.539. The molecule has 4 heteroatoms. The molecule has 0 aliphatic heterocycles. The topological polar surface area (TPSA) is 0 Å². The van der Waals surface area contributed by atoms with E-state index in [0.29, 0.717) is 5.56 Å². The molecule has 0 nitrogen and oxygen atoms in total. The Balaban J connectivity index is 3.23. The molecule has 0 atom stereocenters. The molecule has 0 spiro atoms. The van der Waals surface area contributed by atoms with Crippen LogP contribution in [0.1, 0.15) is 11.1 Å². The highest BCUT2D eigenvalue weighted by Crippen LogP contribution is 2.34. The lowest BCUT2D eigenvalue weighted by Crippen LogP contribution is -2.05. The summed E-state index contributed by atoms with van der Waals surface area (Å²) in [6, 6.07) is 3.53. The first-order valence-corrected chi connectivity index (χ1v) is 3.48. The maximum Gasteiger partial charge on any atom is 0.417 e. The van der Waals surface area contributed by atoms with Crippen molar-refractivity contribution in [3.8, 4) is 0 Å². The summed E-state index contributed by atoms with van der Waals surface area (Å²) >= 11 is 5.33. The fourth-order valence-electron chi connectivity index (χ4n) is 0.790. The minimum Gasteiger partial charge on any atom is -0.166 e. The van der Waals surface area contributed by atoms with Crippen LogP contribution in [-0.2, 0) is 6.18 Å². The van der Waals surface area contributed by atoms with E-state index >= 15 is 0 Å². The van der Waals surface area contributed by atoms with Crippen LogP contribution in [0.5, 0.6) is 0 Å². The maximum atomic E-state index is 12.1. The zero-order chi connectivity index (χ0) is 9.35. The van der Waals surface area contributed by atoms with Crippen LogP contribution in [-0.4, -0.2) is 0 Å². The van der Waals surface area contributed by atoms with Gasteiger partial charge in [-0.1, -0.05) is 17.7 Å². The lowest BCUT2D eigenvalue weighted by atomic mass is 10.1. The monoisotopic (exact) mass is 193 g/mol. The summed E-state index contributed by atoms with van der Waals surface area (Å²) in [4.78, 5) is 0. The third kappa shape index (κ3) is 1.91. The van der Waals surface area contributed by atoms with Crippen molar-refractivity contribution in [2.75, 3.05) is 0 Å². The van der Waals surface area contributed by atoms with Crippen molar-refractivity contribution < 1.29 is 13.2 Å². The maximum absolute atomic E-state index is 12.1. The molecule has 1 aromatic rings. The summed E-state index contributed by atoms with van der Waals surface area (Å²) in [6.45, 7) is 3.38. The third-order valence-electron chi connectivity index (χ3n) is 1.34. The van der Waals surface area contributed by atoms with E-state index in [1.807, 2.05) is 0 Å². The molecule has 0 aliphatic rings. The molecule has 0 saturated carbocycles. The minimum absolute atomic E-state index is 0.296. The van der Waals surface area contributed by atoms with E-state index in [0.717, 1.165) is 6.07 Å². The summed E-state index contributed by atoms with van der Waals surface area (Å²) in [5, 5.41) is -0.296. The minimum atomic E-state index is -4.40.